The number of hydrogen-bond donors (Lipinski definition) is 2. The van der Waals surface area contributed by atoms with Gasteiger partial charge in [0.1, 0.15) is 5.75 Å². The van der Waals surface area contributed by atoms with Crippen LogP contribution in [0.3, 0.4) is 0 Å². The Labute approximate surface area is 128 Å². The number of carbonyl (C=O) groups excluding carboxylic acids is 4. The van der Waals surface area contributed by atoms with E-state index in [1.165, 1.54) is 26.2 Å². The highest BCUT2D eigenvalue weighted by molar-refractivity contribution is 6.40. The predicted octanol–water partition coefficient (Wildman–Crippen LogP) is 0.0894. The number of carbonyl (C=O) groups is 4. The minimum absolute atomic E-state index is 0.126. The molecule has 0 heterocycles. The molecule has 22 heavy (non-hydrogen) atoms. The number of methoxy groups -OCH3 is 1. The molecular formula is C15H18N2O5. The second kappa shape index (κ2) is 8.56. The number of amides is 2. The molecule has 2 amide bonds. The molecule has 0 aliphatic rings. The summed E-state index contributed by atoms with van der Waals surface area (Å²) < 4.78 is 4.97. The molecule has 7 heteroatoms. The molecule has 0 fully saturated rings. The molecular weight excluding hydrogens is 288 g/mol. The monoisotopic (exact) mass is 306 g/mol. The maximum atomic E-state index is 11.9. The van der Waals surface area contributed by atoms with Gasteiger partial charge >= 0.3 is 0 Å². The van der Waals surface area contributed by atoms with Gasteiger partial charge in [-0.05, 0) is 24.3 Å². The van der Waals surface area contributed by atoms with E-state index in [2.05, 4.69) is 10.6 Å². The Morgan fingerprint density at radius 3 is 2.14 bits per heavy atom. The van der Waals surface area contributed by atoms with Crippen LogP contribution in [0, 0.1) is 0 Å². The Morgan fingerprint density at radius 1 is 1.00 bits per heavy atom. The number of ether oxygens (including phenoxy) is 1. The van der Waals surface area contributed by atoms with E-state index in [0.717, 1.165) is 0 Å². The first-order valence-electron chi connectivity index (χ1n) is 6.66. The third-order valence-electron chi connectivity index (χ3n) is 2.77. The summed E-state index contributed by atoms with van der Waals surface area (Å²) >= 11 is 0. The molecule has 7 nitrogen and oxygen atoms in total. The molecule has 0 aliphatic carbocycles. The van der Waals surface area contributed by atoms with Gasteiger partial charge in [-0.3, -0.25) is 19.2 Å². The van der Waals surface area contributed by atoms with Crippen LogP contribution in [0.5, 0.6) is 5.75 Å². The minimum atomic E-state index is -0.841. The average molecular weight is 306 g/mol. The largest absolute Gasteiger partial charge is 0.497 e. The number of Topliss-reactive ketones (excluding diaryl/α,β-unsaturated/α-hetero) is 2. The molecule has 0 bridgehead atoms. The van der Waals surface area contributed by atoms with Gasteiger partial charge < -0.3 is 15.4 Å². The third kappa shape index (κ3) is 5.74. The zero-order valence-corrected chi connectivity index (χ0v) is 12.5. The molecule has 0 radical (unpaired) electrons. The van der Waals surface area contributed by atoms with Gasteiger partial charge in [-0.15, -0.1) is 0 Å². The van der Waals surface area contributed by atoms with Crippen LogP contribution in [0.15, 0.2) is 24.3 Å². The summed E-state index contributed by atoms with van der Waals surface area (Å²) in [6.07, 6.45) is -0.502. The molecule has 0 aliphatic heterocycles. The Kier molecular flexibility index (Phi) is 6.75. The lowest BCUT2D eigenvalue weighted by atomic mass is 10.1. The Morgan fingerprint density at radius 2 is 1.59 bits per heavy atom. The fraction of sp³-hybridized carbons (Fsp3) is 0.333. The van der Waals surface area contributed by atoms with E-state index in [-0.39, 0.29) is 19.0 Å². The fourth-order valence-electron chi connectivity index (χ4n) is 1.62. The Bertz CT molecular complexity index is 566. The van der Waals surface area contributed by atoms with E-state index in [1.807, 2.05) is 0 Å². The highest BCUT2D eigenvalue weighted by Gasteiger charge is 2.18. The summed E-state index contributed by atoms with van der Waals surface area (Å²) in [5.41, 5.74) is 0.334. The van der Waals surface area contributed by atoms with Gasteiger partial charge in [-0.1, -0.05) is 0 Å². The van der Waals surface area contributed by atoms with Crippen LogP contribution in [-0.4, -0.2) is 43.6 Å². The number of benzene rings is 1. The lowest BCUT2D eigenvalue weighted by Gasteiger charge is -2.05. The molecule has 0 spiro atoms. The van der Waals surface area contributed by atoms with Gasteiger partial charge in [0.25, 0.3) is 5.91 Å². The molecule has 1 aromatic carbocycles. The van der Waals surface area contributed by atoms with Crippen LogP contribution in [0.4, 0.5) is 0 Å². The summed E-state index contributed by atoms with van der Waals surface area (Å²) in [4.78, 5) is 45.6. The number of ketones is 2. The second-order valence-electron chi connectivity index (χ2n) is 4.49. The quantitative estimate of drug-likeness (QED) is 0.307. The van der Waals surface area contributed by atoms with Crippen LogP contribution in [0.2, 0.25) is 0 Å². The summed E-state index contributed by atoms with van der Waals surface area (Å²) in [7, 11) is 1.51. The summed E-state index contributed by atoms with van der Waals surface area (Å²) in [6, 6.07) is 6.27. The number of hydrogen-bond acceptors (Lipinski definition) is 5. The molecule has 118 valence electrons. The fourth-order valence-corrected chi connectivity index (χ4v) is 1.62. The Hall–Kier alpha value is -2.70. The van der Waals surface area contributed by atoms with E-state index in [9.17, 15) is 19.2 Å². The number of rotatable bonds is 8. The average Bonchev–Trinajstić information content (AvgIpc) is 2.51. The van der Waals surface area contributed by atoms with Crippen molar-refractivity contribution in [2.45, 2.75) is 13.3 Å². The smallest absolute Gasteiger partial charge is 0.287 e. The summed E-state index contributed by atoms with van der Waals surface area (Å²) in [5.74, 6) is -1.73. The van der Waals surface area contributed by atoms with Crippen LogP contribution in [-0.2, 0) is 14.4 Å². The molecule has 0 aromatic heterocycles. The maximum absolute atomic E-state index is 11.9. The van der Waals surface area contributed by atoms with Crippen LogP contribution < -0.4 is 15.4 Å². The molecule has 0 unspecified atom stereocenters. The van der Waals surface area contributed by atoms with Gasteiger partial charge in [0.2, 0.25) is 11.7 Å². The maximum Gasteiger partial charge on any atom is 0.287 e. The first-order chi connectivity index (χ1) is 10.4. The lowest BCUT2D eigenvalue weighted by molar-refractivity contribution is -0.137. The second-order valence-corrected chi connectivity index (χ2v) is 4.49. The van der Waals surface area contributed by atoms with E-state index >= 15 is 0 Å². The van der Waals surface area contributed by atoms with Gasteiger partial charge in [-0.25, -0.2) is 0 Å². The standard InChI is InChI=1S/C15H18N2O5/c1-10(18)16-7-8-17-15(21)14(20)9-13(19)11-3-5-12(22-2)6-4-11/h3-6H,7-9H2,1-2H3,(H,16,18)(H,17,21). The van der Waals surface area contributed by atoms with Crippen molar-refractivity contribution in [3.63, 3.8) is 0 Å². The molecule has 0 saturated carbocycles. The molecule has 0 atom stereocenters. The Balaban J connectivity index is 2.43. The lowest BCUT2D eigenvalue weighted by Crippen LogP contribution is -2.37. The highest BCUT2D eigenvalue weighted by Crippen LogP contribution is 2.12. The summed E-state index contributed by atoms with van der Waals surface area (Å²) in [6.45, 7) is 1.70. The zero-order valence-electron chi connectivity index (χ0n) is 12.5. The van der Waals surface area contributed by atoms with E-state index in [0.29, 0.717) is 11.3 Å². The molecule has 1 rings (SSSR count). The van der Waals surface area contributed by atoms with E-state index < -0.39 is 23.9 Å². The van der Waals surface area contributed by atoms with Crippen LogP contribution in [0.1, 0.15) is 23.7 Å². The third-order valence-corrected chi connectivity index (χ3v) is 2.77. The SMILES string of the molecule is COc1ccc(C(=O)CC(=O)C(=O)NCCNC(C)=O)cc1. The first-order valence-corrected chi connectivity index (χ1v) is 6.66. The molecule has 0 saturated heterocycles. The van der Waals surface area contributed by atoms with E-state index in [4.69, 9.17) is 4.74 Å². The van der Waals surface area contributed by atoms with Gasteiger partial charge in [0.15, 0.2) is 5.78 Å². The summed E-state index contributed by atoms with van der Waals surface area (Å²) in [5, 5.41) is 4.81. The van der Waals surface area contributed by atoms with Crippen molar-refractivity contribution < 1.29 is 23.9 Å². The zero-order chi connectivity index (χ0) is 16.5. The van der Waals surface area contributed by atoms with Crippen molar-refractivity contribution in [1.82, 2.24) is 10.6 Å². The van der Waals surface area contributed by atoms with Crippen LogP contribution >= 0.6 is 0 Å². The minimum Gasteiger partial charge on any atom is -0.497 e. The van der Waals surface area contributed by atoms with Gasteiger partial charge in [0.05, 0.1) is 13.5 Å². The van der Waals surface area contributed by atoms with Crippen LogP contribution in [0.25, 0.3) is 0 Å². The van der Waals surface area contributed by atoms with Gasteiger partial charge in [0, 0.05) is 25.6 Å². The normalized spacial score (nSPS) is 9.73. The predicted molar refractivity (Wildman–Crippen MR) is 78.6 cm³/mol. The van der Waals surface area contributed by atoms with Crippen molar-refractivity contribution in [3.05, 3.63) is 29.8 Å². The van der Waals surface area contributed by atoms with Crippen molar-refractivity contribution in [2.75, 3.05) is 20.2 Å². The van der Waals surface area contributed by atoms with E-state index in [1.54, 1.807) is 12.1 Å². The molecule has 1 aromatic rings. The highest BCUT2D eigenvalue weighted by atomic mass is 16.5. The van der Waals surface area contributed by atoms with Crippen molar-refractivity contribution >= 4 is 23.4 Å². The van der Waals surface area contributed by atoms with Crippen molar-refractivity contribution in [1.29, 1.82) is 0 Å². The van der Waals surface area contributed by atoms with Crippen molar-refractivity contribution in [3.8, 4) is 5.75 Å². The first kappa shape index (κ1) is 17.4. The topological polar surface area (TPSA) is 102 Å². The number of nitrogens with one attached hydrogen (secondary N) is 2. The molecule has 2 N–H and O–H groups in total. The van der Waals surface area contributed by atoms with Gasteiger partial charge in [-0.2, -0.15) is 0 Å². The van der Waals surface area contributed by atoms with Crippen molar-refractivity contribution in [2.24, 2.45) is 0 Å².